The van der Waals surface area contributed by atoms with E-state index in [-0.39, 0.29) is 23.0 Å². The first kappa shape index (κ1) is 13.0. The molecule has 19 heavy (non-hydrogen) atoms. The van der Waals surface area contributed by atoms with Crippen LogP contribution in [0.4, 0.5) is 5.69 Å². The summed E-state index contributed by atoms with van der Waals surface area (Å²) in [6.45, 7) is 1.86. The molecule has 0 bridgehead atoms. The molecule has 98 valence electrons. The number of phenolic OH excluding ortho intramolecular Hbond substituents is 2. The number of hydrogen-bond acceptors (Lipinski definition) is 3. The lowest BCUT2D eigenvalue weighted by atomic mass is 10.1. The summed E-state index contributed by atoms with van der Waals surface area (Å²) in [5.74, 6) is -0.422. The molecular formula is C15H15NO3. The SMILES string of the molecule is Cc1ccc(N(C)C(=O)c2ccccc2O)c(O)c1. The van der Waals surface area contributed by atoms with Crippen LogP contribution in [0.2, 0.25) is 0 Å². The summed E-state index contributed by atoms with van der Waals surface area (Å²) in [6.07, 6.45) is 0. The average Bonchev–Trinajstić information content (AvgIpc) is 2.38. The van der Waals surface area contributed by atoms with Crippen molar-refractivity contribution in [1.82, 2.24) is 0 Å². The number of carbonyl (C=O) groups excluding carboxylic acids is 1. The molecule has 0 saturated heterocycles. The first-order chi connectivity index (χ1) is 9.00. The predicted molar refractivity (Wildman–Crippen MR) is 73.7 cm³/mol. The highest BCUT2D eigenvalue weighted by Gasteiger charge is 2.18. The Balaban J connectivity index is 2.37. The normalized spacial score (nSPS) is 10.2. The fourth-order valence-electron chi connectivity index (χ4n) is 1.86. The van der Waals surface area contributed by atoms with E-state index in [1.54, 1.807) is 37.4 Å². The quantitative estimate of drug-likeness (QED) is 0.869. The molecular weight excluding hydrogens is 242 g/mol. The van der Waals surface area contributed by atoms with Gasteiger partial charge in [-0.25, -0.2) is 0 Å². The predicted octanol–water partition coefficient (Wildman–Crippen LogP) is 2.68. The molecule has 0 unspecified atom stereocenters. The Morgan fingerprint density at radius 2 is 1.74 bits per heavy atom. The Kier molecular flexibility index (Phi) is 3.42. The molecule has 4 nitrogen and oxygen atoms in total. The molecule has 0 atom stereocenters. The third-order valence-corrected chi connectivity index (χ3v) is 2.93. The van der Waals surface area contributed by atoms with Crippen molar-refractivity contribution in [2.45, 2.75) is 6.92 Å². The molecule has 2 rings (SSSR count). The lowest BCUT2D eigenvalue weighted by Gasteiger charge is -2.19. The van der Waals surface area contributed by atoms with Gasteiger partial charge in [-0.3, -0.25) is 4.79 Å². The number of aromatic hydroxyl groups is 2. The van der Waals surface area contributed by atoms with Gasteiger partial charge >= 0.3 is 0 Å². The number of rotatable bonds is 2. The lowest BCUT2D eigenvalue weighted by molar-refractivity contribution is 0.0989. The highest BCUT2D eigenvalue weighted by atomic mass is 16.3. The second-order valence-corrected chi connectivity index (χ2v) is 4.37. The van der Waals surface area contributed by atoms with Gasteiger partial charge in [0, 0.05) is 7.05 Å². The van der Waals surface area contributed by atoms with Crippen LogP contribution in [0.3, 0.4) is 0 Å². The van der Waals surface area contributed by atoms with E-state index >= 15 is 0 Å². The van der Waals surface area contributed by atoms with Crippen LogP contribution < -0.4 is 4.90 Å². The number of hydrogen-bond donors (Lipinski definition) is 2. The van der Waals surface area contributed by atoms with E-state index in [4.69, 9.17) is 0 Å². The molecule has 2 aromatic rings. The van der Waals surface area contributed by atoms with E-state index < -0.39 is 0 Å². The van der Waals surface area contributed by atoms with Gasteiger partial charge in [0.2, 0.25) is 0 Å². The number of carbonyl (C=O) groups is 1. The van der Waals surface area contributed by atoms with Crippen LogP contribution in [0.25, 0.3) is 0 Å². The molecule has 0 aromatic heterocycles. The van der Waals surface area contributed by atoms with Crippen molar-refractivity contribution in [2.75, 3.05) is 11.9 Å². The molecule has 2 aromatic carbocycles. The largest absolute Gasteiger partial charge is 0.507 e. The first-order valence-corrected chi connectivity index (χ1v) is 5.86. The van der Waals surface area contributed by atoms with Crippen molar-refractivity contribution < 1.29 is 15.0 Å². The summed E-state index contributed by atoms with van der Waals surface area (Å²) in [7, 11) is 1.55. The number of para-hydroxylation sites is 1. The van der Waals surface area contributed by atoms with Gasteiger partial charge in [-0.15, -0.1) is 0 Å². The van der Waals surface area contributed by atoms with Crippen molar-refractivity contribution in [3.8, 4) is 11.5 Å². The van der Waals surface area contributed by atoms with Gasteiger partial charge in [-0.1, -0.05) is 18.2 Å². The summed E-state index contributed by atoms with van der Waals surface area (Å²) in [4.78, 5) is 13.6. The molecule has 0 saturated carbocycles. The highest BCUT2D eigenvalue weighted by molar-refractivity contribution is 6.08. The van der Waals surface area contributed by atoms with Crippen LogP contribution in [-0.4, -0.2) is 23.2 Å². The molecule has 1 amide bonds. The number of anilines is 1. The third kappa shape index (κ3) is 2.52. The Morgan fingerprint density at radius 1 is 1.05 bits per heavy atom. The molecule has 0 aliphatic rings. The zero-order chi connectivity index (χ0) is 14.0. The smallest absolute Gasteiger partial charge is 0.261 e. The average molecular weight is 257 g/mol. The third-order valence-electron chi connectivity index (χ3n) is 2.93. The maximum Gasteiger partial charge on any atom is 0.261 e. The minimum absolute atomic E-state index is 0.0336. The Morgan fingerprint density at radius 3 is 2.37 bits per heavy atom. The van der Waals surface area contributed by atoms with Gasteiger partial charge < -0.3 is 15.1 Å². The topological polar surface area (TPSA) is 60.8 Å². The van der Waals surface area contributed by atoms with Gasteiger partial charge in [-0.2, -0.15) is 0 Å². The van der Waals surface area contributed by atoms with E-state index in [2.05, 4.69) is 0 Å². The molecule has 0 heterocycles. The molecule has 2 N–H and O–H groups in total. The van der Waals surface area contributed by atoms with E-state index in [0.717, 1.165) is 5.56 Å². The van der Waals surface area contributed by atoms with Crippen LogP contribution in [0.1, 0.15) is 15.9 Å². The van der Waals surface area contributed by atoms with Crippen molar-refractivity contribution >= 4 is 11.6 Å². The summed E-state index contributed by atoms with van der Waals surface area (Å²) in [5.41, 5.74) is 1.51. The minimum Gasteiger partial charge on any atom is -0.507 e. The molecule has 0 fully saturated rings. The summed E-state index contributed by atoms with van der Waals surface area (Å²) in [5, 5.41) is 19.6. The number of nitrogens with zero attached hydrogens (tertiary/aromatic N) is 1. The first-order valence-electron chi connectivity index (χ1n) is 5.86. The molecule has 4 heteroatoms. The van der Waals surface area contributed by atoms with Crippen LogP contribution in [0.5, 0.6) is 11.5 Å². The van der Waals surface area contributed by atoms with E-state index in [1.165, 1.54) is 11.0 Å². The minimum atomic E-state index is -0.378. The summed E-state index contributed by atoms with van der Waals surface area (Å²) < 4.78 is 0. The Labute approximate surface area is 111 Å². The van der Waals surface area contributed by atoms with Crippen molar-refractivity contribution in [1.29, 1.82) is 0 Å². The van der Waals surface area contributed by atoms with E-state index in [0.29, 0.717) is 5.69 Å². The van der Waals surface area contributed by atoms with E-state index in [9.17, 15) is 15.0 Å². The lowest BCUT2D eigenvalue weighted by Crippen LogP contribution is -2.26. The molecule has 0 radical (unpaired) electrons. The Bertz CT molecular complexity index is 623. The summed E-state index contributed by atoms with van der Waals surface area (Å²) in [6, 6.07) is 11.4. The van der Waals surface area contributed by atoms with Crippen molar-refractivity contribution in [3.63, 3.8) is 0 Å². The maximum absolute atomic E-state index is 12.3. The van der Waals surface area contributed by atoms with Crippen molar-refractivity contribution in [3.05, 3.63) is 53.6 Å². The van der Waals surface area contributed by atoms with Gasteiger partial charge in [0.1, 0.15) is 11.5 Å². The fraction of sp³-hybridized carbons (Fsp3) is 0.133. The van der Waals surface area contributed by atoms with Crippen LogP contribution in [-0.2, 0) is 0 Å². The second kappa shape index (κ2) is 5.02. The molecule has 0 aliphatic heterocycles. The summed E-state index contributed by atoms with van der Waals surface area (Å²) >= 11 is 0. The zero-order valence-corrected chi connectivity index (χ0v) is 10.8. The zero-order valence-electron chi connectivity index (χ0n) is 10.8. The number of amides is 1. The van der Waals surface area contributed by atoms with Crippen LogP contribution >= 0.6 is 0 Å². The molecule has 0 aliphatic carbocycles. The maximum atomic E-state index is 12.3. The van der Waals surface area contributed by atoms with Crippen molar-refractivity contribution in [2.24, 2.45) is 0 Å². The molecule has 0 spiro atoms. The fourth-order valence-corrected chi connectivity index (χ4v) is 1.86. The number of aryl methyl sites for hydroxylation is 1. The standard InChI is InChI=1S/C15H15NO3/c1-10-7-8-12(14(18)9-10)16(2)15(19)11-5-3-4-6-13(11)17/h3-9,17-18H,1-2H3. The van der Waals surface area contributed by atoms with Crippen LogP contribution in [0, 0.1) is 6.92 Å². The van der Waals surface area contributed by atoms with Gasteiger partial charge in [0.05, 0.1) is 11.3 Å². The Hall–Kier alpha value is -2.49. The second-order valence-electron chi connectivity index (χ2n) is 4.37. The van der Waals surface area contributed by atoms with Crippen LogP contribution in [0.15, 0.2) is 42.5 Å². The van der Waals surface area contributed by atoms with E-state index in [1.807, 2.05) is 13.0 Å². The van der Waals surface area contributed by atoms with Gasteiger partial charge in [-0.05, 0) is 36.8 Å². The number of phenols is 2. The monoisotopic (exact) mass is 257 g/mol. The van der Waals surface area contributed by atoms with Gasteiger partial charge in [0.15, 0.2) is 0 Å². The number of benzene rings is 2. The van der Waals surface area contributed by atoms with Gasteiger partial charge in [0.25, 0.3) is 5.91 Å². The highest BCUT2D eigenvalue weighted by Crippen LogP contribution is 2.29.